The van der Waals surface area contributed by atoms with E-state index in [9.17, 15) is 14.4 Å². The number of benzene rings is 2. The van der Waals surface area contributed by atoms with Gasteiger partial charge in [-0.25, -0.2) is 0 Å². The fraction of sp³-hybridized carbons (Fsp3) is 0.375. The topological polar surface area (TPSA) is 84.9 Å². The van der Waals surface area contributed by atoms with Crippen molar-refractivity contribution < 1.29 is 23.9 Å². The van der Waals surface area contributed by atoms with Crippen LogP contribution in [0.5, 0.6) is 11.5 Å². The average Bonchev–Trinajstić information content (AvgIpc) is 3.03. The molecule has 1 saturated carbocycles. The van der Waals surface area contributed by atoms with Gasteiger partial charge in [-0.3, -0.25) is 19.3 Å². The molecule has 7 heteroatoms. The van der Waals surface area contributed by atoms with E-state index in [1.54, 1.807) is 49.6 Å². The van der Waals surface area contributed by atoms with E-state index in [-0.39, 0.29) is 29.6 Å². The van der Waals surface area contributed by atoms with E-state index in [4.69, 9.17) is 9.47 Å². The van der Waals surface area contributed by atoms with Crippen molar-refractivity contribution in [2.75, 3.05) is 24.4 Å². The Balaban J connectivity index is 1.58. The quantitative estimate of drug-likeness (QED) is 0.739. The van der Waals surface area contributed by atoms with Gasteiger partial charge in [0.05, 0.1) is 37.4 Å². The SMILES string of the molecule is COc1ccc(OC)c(NC(=O)c2cccc(N3C(=O)[C@H]4CC[C@H](C)C[C@H]4C3=O)c2)c1. The first-order valence-electron chi connectivity index (χ1n) is 10.4. The predicted octanol–water partition coefficient (Wildman–Crippen LogP) is 3.88. The van der Waals surface area contributed by atoms with Crippen LogP contribution in [0.2, 0.25) is 0 Å². The highest BCUT2D eigenvalue weighted by Crippen LogP contribution is 2.42. The number of carbonyl (C=O) groups excluding carboxylic acids is 3. The Labute approximate surface area is 181 Å². The highest BCUT2D eigenvalue weighted by molar-refractivity contribution is 6.22. The average molecular weight is 422 g/mol. The lowest BCUT2D eigenvalue weighted by Gasteiger charge is -2.25. The monoisotopic (exact) mass is 422 g/mol. The van der Waals surface area contributed by atoms with Gasteiger partial charge in [-0.2, -0.15) is 0 Å². The van der Waals surface area contributed by atoms with Crippen molar-refractivity contribution in [1.82, 2.24) is 0 Å². The van der Waals surface area contributed by atoms with E-state index in [0.717, 1.165) is 19.3 Å². The van der Waals surface area contributed by atoms with E-state index in [1.165, 1.54) is 12.0 Å². The second kappa shape index (κ2) is 8.41. The van der Waals surface area contributed by atoms with Crippen molar-refractivity contribution in [2.45, 2.75) is 26.2 Å². The molecular formula is C24H26N2O5. The molecule has 0 radical (unpaired) electrons. The third kappa shape index (κ3) is 3.87. The van der Waals surface area contributed by atoms with Crippen molar-refractivity contribution >= 4 is 29.1 Å². The fourth-order valence-electron chi connectivity index (χ4n) is 4.54. The van der Waals surface area contributed by atoms with Crippen LogP contribution in [0, 0.1) is 17.8 Å². The third-order valence-corrected chi connectivity index (χ3v) is 6.21. The summed E-state index contributed by atoms with van der Waals surface area (Å²) in [5.74, 6) is 0.314. The van der Waals surface area contributed by atoms with Gasteiger partial charge in [0.1, 0.15) is 11.5 Å². The van der Waals surface area contributed by atoms with E-state index >= 15 is 0 Å². The molecule has 3 atom stereocenters. The largest absolute Gasteiger partial charge is 0.497 e. The molecule has 2 fully saturated rings. The number of methoxy groups -OCH3 is 2. The molecule has 1 heterocycles. The Morgan fingerprint density at radius 3 is 2.52 bits per heavy atom. The molecule has 2 aliphatic rings. The first-order chi connectivity index (χ1) is 14.9. The lowest BCUT2D eigenvalue weighted by molar-refractivity contribution is -0.122. The summed E-state index contributed by atoms with van der Waals surface area (Å²) in [5.41, 5.74) is 1.24. The van der Waals surface area contributed by atoms with Gasteiger partial charge in [-0.1, -0.05) is 13.0 Å². The Morgan fingerprint density at radius 1 is 1.00 bits per heavy atom. The highest BCUT2D eigenvalue weighted by atomic mass is 16.5. The summed E-state index contributed by atoms with van der Waals surface area (Å²) in [6.45, 7) is 2.12. The molecule has 1 aliphatic heterocycles. The zero-order valence-electron chi connectivity index (χ0n) is 17.9. The number of imide groups is 1. The second-order valence-corrected chi connectivity index (χ2v) is 8.21. The van der Waals surface area contributed by atoms with E-state index in [0.29, 0.717) is 34.4 Å². The van der Waals surface area contributed by atoms with E-state index in [2.05, 4.69) is 12.2 Å². The molecule has 0 aromatic heterocycles. The molecule has 2 aromatic carbocycles. The van der Waals surface area contributed by atoms with E-state index in [1.807, 2.05) is 0 Å². The van der Waals surface area contributed by atoms with Crippen molar-refractivity contribution in [2.24, 2.45) is 17.8 Å². The fourth-order valence-corrected chi connectivity index (χ4v) is 4.54. The predicted molar refractivity (Wildman–Crippen MR) is 116 cm³/mol. The lowest BCUT2D eigenvalue weighted by atomic mass is 9.76. The Hall–Kier alpha value is -3.35. The van der Waals surface area contributed by atoms with Crippen LogP contribution < -0.4 is 19.7 Å². The van der Waals surface area contributed by atoms with Crippen LogP contribution in [0.1, 0.15) is 36.5 Å². The maximum absolute atomic E-state index is 13.0. The summed E-state index contributed by atoms with van der Waals surface area (Å²) in [4.78, 5) is 40.1. The molecule has 1 aliphatic carbocycles. The number of hydrogen-bond donors (Lipinski definition) is 1. The van der Waals surface area contributed by atoms with Gasteiger partial charge in [0.2, 0.25) is 11.8 Å². The Morgan fingerprint density at radius 2 is 1.77 bits per heavy atom. The van der Waals surface area contributed by atoms with Crippen molar-refractivity contribution in [3.63, 3.8) is 0 Å². The molecule has 7 nitrogen and oxygen atoms in total. The van der Waals surface area contributed by atoms with Crippen LogP contribution in [0.3, 0.4) is 0 Å². The first-order valence-corrected chi connectivity index (χ1v) is 10.4. The number of nitrogens with one attached hydrogen (secondary N) is 1. The van der Waals surface area contributed by atoms with Gasteiger partial charge in [0.25, 0.3) is 5.91 Å². The molecule has 0 bridgehead atoms. The molecule has 2 aromatic rings. The summed E-state index contributed by atoms with van der Waals surface area (Å²) in [7, 11) is 3.06. The molecule has 3 amide bonds. The van der Waals surface area contributed by atoms with Crippen LogP contribution in [-0.2, 0) is 9.59 Å². The van der Waals surface area contributed by atoms with Crippen molar-refractivity contribution in [3.8, 4) is 11.5 Å². The summed E-state index contributed by atoms with van der Waals surface area (Å²) < 4.78 is 10.5. The van der Waals surface area contributed by atoms with Gasteiger partial charge in [0.15, 0.2) is 0 Å². The zero-order chi connectivity index (χ0) is 22.1. The summed E-state index contributed by atoms with van der Waals surface area (Å²) in [6.07, 6.45) is 2.43. The minimum Gasteiger partial charge on any atom is -0.497 e. The number of nitrogens with zero attached hydrogens (tertiary/aromatic N) is 1. The number of amides is 3. The summed E-state index contributed by atoms with van der Waals surface area (Å²) in [6, 6.07) is 11.7. The minimum atomic E-state index is -0.376. The second-order valence-electron chi connectivity index (χ2n) is 8.21. The number of anilines is 2. The zero-order valence-corrected chi connectivity index (χ0v) is 17.9. The van der Waals surface area contributed by atoms with Gasteiger partial charge in [-0.15, -0.1) is 0 Å². The summed E-state index contributed by atoms with van der Waals surface area (Å²) >= 11 is 0. The van der Waals surface area contributed by atoms with Gasteiger partial charge in [0, 0.05) is 11.6 Å². The lowest BCUT2D eigenvalue weighted by Crippen LogP contribution is -2.31. The highest BCUT2D eigenvalue weighted by Gasteiger charge is 2.50. The Kier molecular flexibility index (Phi) is 5.67. The number of hydrogen-bond acceptors (Lipinski definition) is 5. The maximum atomic E-state index is 13.0. The standard InChI is InChI=1S/C24H26N2O5/c1-14-7-9-18-19(11-14)24(29)26(23(18)28)16-6-4-5-15(12-16)22(27)25-20-13-17(30-2)8-10-21(20)31-3/h4-6,8,10,12-14,18-19H,7,9,11H2,1-3H3,(H,25,27)/t14-,18-,19+/m0/s1. The van der Waals surface area contributed by atoms with Crippen LogP contribution in [0.4, 0.5) is 11.4 Å². The number of carbonyl (C=O) groups is 3. The van der Waals surface area contributed by atoms with Crippen LogP contribution in [0.25, 0.3) is 0 Å². The van der Waals surface area contributed by atoms with Gasteiger partial charge >= 0.3 is 0 Å². The van der Waals surface area contributed by atoms with Crippen LogP contribution >= 0.6 is 0 Å². The summed E-state index contributed by atoms with van der Waals surface area (Å²) in [5, 5.41) is 2.82. The molecule has 0 unspecified atom stereocenters. The minimum absolute atomic E-state index is 0.158. The molecule has 31 heavy (non-hydrogen) atoms. The van der Waals surface area contributed by atoms with Crippen LogP contribution in [0.15, 0.2) is 42.5 Å². The molecule has 162 valence electrons. The smallest absolute Gasteiger partial charge is 0.255 e. The van der Waals surface area contributed by atoms with Crippen LogP contribution in [-0.4, -0.2) is 31.9 Å². The molecule has 0 spiro atoms. The normalized spacial score (nSPS) is 22.8. The molecule has 4 rings (SSSR count). The molecular weight excluding hydrogens is 396 g/mol. The Bertz CT molecular complexity index is 1030. The number of rotatable bonds is 5. The van der Waals surface area contributed by atoms with Crippen molar-refractivity contribution in [1.29, 1.82) is 0 Å². The van der Waals surface area contributed by atoms with Gasteiger partial charge < -0.3 is 14.8 Å². The molecule has 1 saturated heterocycles. The third-order valence-electron chi connectivity index (χ3n) is 6.21. The maximum Gasteiger partial charge on any atom is 0.255 e. The number of fused-ring (bicyclic) bond motifs is 1. The van der Waals surface area contributed by atoms with Gasteiger partial charge in [-0.05, 0) is 55.5 Å². The molecule has 1 N–H and O–H groups in total. The van der Waals surface area contributed by atoms with Crippen molar-refractivity contribution in [3.05, 3.63) is 48.0 Å². The van der Waals surface area contributed by atoms with E-state index < -0.39 is 0 Å². The first kappa shape index (κ1) is 20.9. The number of ether oxygens (including phenoxy) is 2.